The Labute approximate surface area is 182 Å². The Balaban J connectivity index is 1.92. The lowest BCUT2D eigenvalue weighted by atomic mass is 9.92. The van der Waals surface area contributed by atoms with E-state index in [0.717, 1.165) is 24.0 Å². The topological polar surface area (TPSA) is 40.6 Å². The minimum Gasteiger partial charge on any atom is -0.330 e. The van der Waals surface area contributed by atoms with Crippen LogP contribution in [0.5, 0.6) is 0 Å². The molecule has 0 bridgehead atoms. The van der Waals surface area contributed by atoms with Crippen LogP contribution >= 0.6 is 11.3 Å². The fourth-order valence-corrected chi connectivity index (χ4v) is 4.81. The molecule has 2 aromatic rings. The molecular weight excluding hydrogens is 399 g/mol. The van der Waals surface area contributed by atoms with Crippen molar-refractivity contribution in [1.82, 2.24) is 9.80 Å². The van der Waals surface area contributed by atoms with Gasteiger partial charge in [-0.25, -0.2) is 4.39 Å². The van der Waals surface area contributed by atoms with Gasteiger partial charge in [0.15, 0.2) is 0 Å². The van der Waals surface area contributed by atoms with Gasteiger partial charge in [0.25, 0.3) is 0 Å². The predicted molar refractivity (Wildman–Crippen MR) is 119 cm³/mol. The van der Waals surface area contributed by atoms with Crippen LogP contribution in [0.15, 0.2) is 35.7 Å². The van der Waals surface area contributed by atoms with Crippen molar-refractivity contribution in [3.8, 4) is 0 Å². The Bertz CT molecular complexity index is 901. The molecule has 2 heterocycles. The number of hydrogen-bond donors (Lipinski definition) is 0. The number of nitrogens with zero attached hydrogens (tertiary/aromatic N) is 2. The summed E-state index contributed by atoms with van der Waals surface area (Å²) in [4.78, 5) is 31.4. The molecular formula is C24H31FN2O2S. The van der Waals surface area contributed by atoms with E-state index in [1.165, 1.54) is 17.0 Å². The molecule has 0 saturated carbocycles. The molecule has 1 aliphatic rings. The van der Waals surface area contributed by atoms with E-state index in [1.54, 1.807) is 28.4 Å². The van der Waals surface area contributed by atoms with Gasteiger partial charge in [0, 0.05) is 22.9 Å². The summed E-state index contributed by atoms with van der Waals surface area (Å²) in [5.74, 6) is -0.382. The lowest BCUT2D eigenvalue weighted by Gasteiger charge is -2.39. The second kappa shape index (κ2) is 8.88. The molecule has 0 fully saturated rings. The molecule has 1 aromatic heterocycles. The first-order valence-corrected chi connectivity index (χ1v) is 11.4. The monoisotopic (exact) mass is 430 g/mol. The molecule has 2 atom stereocenters. The quantitative estimate of drug-likeness (QED) is 0.667. The van der Waals surface area contributed by atoms with Crippen molar-refractivity contribution in [3.05, 3.63) is 57.5 Å². The van der Waals surface area contributed by atoms with Crippen LogP contribution in [-0.4, -0.2) is 40.7 Å². The Morgan fingerprint density at radius 2 is 1.90 bits per heavy atom. The summed E-state index contributed by atoms with van der Waals surface area (Å²) >= 11 is 1.69. The van der Waals surface area contributed by atoms with Gasteiger partial charge in [0.05, 0.1) is 6.04 Å². The van der Waals surface area contributed by atoms with Crippen LogP contribution in [0.25, 0.3) is 0 Å². The maximum atomic E-state index is 13.5. The van der Waals surface area contributed by atoms with Crippen molar-refractivity contribution in [3.63, 3.8) is 0 Å². The molecule has 0 N–H and O–H groups in total. The molecule has 6 heteroatoms. The molecule has 4 nitrogen and oxygen atoms in total. The normalized spacial score (nSPS) is 17.4. The molecule has 1 aliphatic heterocycles. The number of rotatable bonds is 5. The van der Waals surface area contributed by atoms with Crippen LogP contribution in [0.4, 0.5) is 4.39 Å². The first-order chi connectivity index (χ1) is 14.1. The maximum absolute atomic E-state index is 13.5. The van der Waals surface area contributed by atoms with E-state index in [9.17, 15) is 14.0 Å². The summed E-state index contributed by atoms with van der Waals surface area (Å²) in [6.45, 7) is 10.3. The van der Waals surface area contributed by atoms with Crippen molar-refractivity contribution in [2.24, 2.45) is 5.41 Å². The Kier molecular flexibility index (Phi) is 6.65. The van der Waals surface area contributed by atoms with Crippen molar-refractivity contribution >= 4 is 23.2 Å². The molecule has 0 unspecified atom stereocenters. The first-order valence-electron chi connectivity index (χ1n) is 10.6. The van der Waals surface area contributed by atoms with Gasteiger partial charge in [-0.15, -0.1) is 11.3 Å². The Hall–Kier alpha value is -2.21. The van der Waals surface area contributed by atoms with Gasteiger partial charge in [-0.3, -0.25) is 9.59 Å². The summed E-state index contributed by atoms with van der Waals surface area (Å²) < 4.78 is 13.5. The fraction of sp³-hybridized carbons (Fsp3) is 0.500. The SMILES string of the molecule is CC[C@H](C)N(CC(=O)N1CCc2sccc2[C@H]1c1ccc(F)cc1)C(=O)C(C)(C)C. The Morgan fingerprint density at radius 1 is 1.23 bits per heavy atom. The van der Waals surface area contributed by atoms with Crippen LogP contribution in [0.2, 0.25) is 0 Å². The van der Waals surface area contributed by atoms with Crippen LogP contribution < -0.4 is 0 Å². The zero-order chi connectivity index (χ0) is 22.1. The molecule has 162 valence electrons. The minimum atomic E-state index is -0.553. The van der Waals surface area contributed by atoms with Gasteiger partial charge in [0.2, 0.25) is 11.8 Å². The number of hydrogen-bond acceptors (Lipinski definition) is 3. The second-order valence-corrected chi connectivity index (χ2v) is 10.0. The number of benzene rings is 1. The average Bonchev–Trinajstić information content (AvgIpc) is 3.19. The Morgan fingerprint density at radius 3 is 2.50 bits per heavy atom. The average molecular weight is 431 g/mol. The minimum absolute atomic E-state index is 0.0169. The van der Waals surface area contributed by atoms with Crippen LogP contribution in [0, 0.1) is 11.2 Å². The second-order valence-electron chi connectivity index (χ2n) is 9.03. The molecule has 0 saturated heterocycles. The first kappa shape index (κ1) is 22.5. The van der Waals surface area contributed by atoms with Crippen LogP contribution in [-0.2, 0) is 16.0 Å². The summed E-state index contributed by atoms with van der Waals surface area (Å²) in [6.07, 6.45) is 1.58. The molecule has 0 radical (unpaired) electrons. The summed E-state index contributed by atoms with van der Waals surface area (Å²) in [7, 11) is 0. The number of fused-ring (bicyclic) bond motifs is 1. The fourth-order valence-electron chi connectivity index (χ4n) is 3.91. The highest BCUT2D eigenvalue weighted by Gasteiger charge is 2.36. The number of amides is 2. The molecule has 0 spiro atoms. The summed E-state index contributed by atoms with van der Waals surface area (Å²) in [5.41, 5.74) is 1.44. The molecule has 3 rings (SSSR count). The predicted octanol–water partition coefficient (Wildman–Crippen LogP) is 5.03. The zero-order valence-corrected chi connectivity index (χ0v) is 19.3. The number of carbonyl (C=O) groups is 2. The smallest absolute Gasteiger partial charge is 0.243 e. The van der Waals surface area contributed by atoms with E-state index >= 15 is 0 Å². The van der Waals surface area contributed by atoms with Gasteiger partial charge in [0.1, 0.15) is 12.4 Å². The van der Waals surface area contributed by atoms with Gasteiger partial charge in [-0.05, 0) is 54.5 Å². The summed E-state index contributed by atoms with van der Waals surface area (Å²) in [6, 6.07) is 8.16. The highest BCUT2D eigenvalue weighted by molar-refractivity contribution is 7.10. The van der Waals surface area contributed by atoms with Gasteiger partial charge in [-0.1, -0.05) is 39.8 Å². The van der Waals surface area contributed by atoms with E-state index in [0.29, 0.717) is 6.54 Å². The molecule has 2 amide bonds. The van der Waals surface area contributed by atoms with Crippen molar-refractivity contribution in [1.29, 1.82) is 0 Å². The highest BCUT2D eigenvalue weighted by atomic mass is 32.1. The number of thiophene rings is 1. The third-order valence-electron chi connectivity index (χ3n) is 5.80. The van der Waals surface area contributed by atoms with Crippen molar-refractivity contribution < 1.29 is 14.0 Å². The number of carbonyl (C=O) groups excluding carboxylic acids is 2. The van der Waals surface area contributed by atoms with Crippen LogP contribution in [0.1, 0.15) is 63.1 Å². The third-order valence-corrected chi connectivity index (χ3v) is 6.80. The molecule has 0 aliphatic carbocycles. The maximum Gasteiger partial charge on any atom is 0.243 e. The van der Waals surface area contributed by atoms with Crippen molar-refractivity contribution in [2.45, 2.75) is 59.5 Å². The van der Waals surface area contributed by atoms with E-state index in [4.69, 9.17) is 0 Å². The van der Waals surface area contributed by atoms with E-state index in [-0.39, 0.29) is 36.3 Å². The van der Waals surface area contributed by atoms with Gasteiger partial charge < -0.3 is 9.80 Å². The van der Waals surface area contributed by atoms with E-state index in [2.05, 4.69) is 6.07 Å². The molecule has 1 aromatic carbocycles. The molecule has 30 heavy (non-hydrogen) atoms. The third kappa shape index (κ3) is 4.59. The van der Waals surface area contributed by atoms with E-state index in [1.807, 2.05) is 44.9 Å². The largest absolute Gasteiger partial charge is 0.330 e. The van der Waals surface area contributed by atoms with Gasteiger partial charge >= 0.3 is 0 Å². The number of halogens is 1. The van der Waals surface area contributed by atoms with Gasteiger partial charge in [-0.2, -0.15) is 0 Å². The lowest BCUT2D eigenvalue weighted by molar-refractivity contribution is -0.148. The van der Waals surface area contributed by atoms with E-state index < -0.39 is 5.41 Å². The highest BCUT2D eigenvalue weighted by Crippen LogP contribution is 2.38. The lowest BCUT2D eigenvalue weighted by Crippen LogP contribution is -2.51. The van der Waals surface area contributed by atoms with Crippen molar-refractivity contribution in [2.75, 3.05) is 13.1 Å². The zero-order valence-electron chi connectivity index (χ0n) is 18.4. The summed E-state index contributed by atoms with van der Waals surface area (Å²) in [5, 5.41) is 2.05. The van der Waals surface area contributed by atoms with Crippen LogP contribution in [0.3, 0.4) is 0 Å². The standard InChI is InChI=1S/C24H31FN2O2S/c1-6-16(2)27(23(29)24(3,4)5)15-21(28)26-13-11-20-19(12-14-30-20)22(26)17-7-9-18(25)10-8-17/h7-10,12,14,16,22H,6,11,13,15H2,1-5H3/t16-,22+/m0/s1.